The third kappa shape index (κ3) is 8.43. The van der Waals surface area contributed by atoms with Crippen molar-refractivity contribution >= 4 is 154 Å². The summed E-state index contributed by atoms with van der Waals surface area (Å²) in [6, 6.07) is 64.4. The molecule has 9 heteroatoms. The van der Waals surface area contributed by atoms with Gasteiger partial charge in [-0.05, 0) is 176 Å². The van der Waals surface area contributed by atoms with Crippen LogP contribution in [0.5, 0.6) is 0 Å². The number of rotatable bonds is 0. The summed E-state index contributed by atoms with van der Waals surface area (Å²) in [6.45, 7) is 18.8. The zero-order valence-electron chi connectivity index (χ0n) is 45.1. The predicted molar refractivity (Wildman–Crippen MR) is 335 cm³/mol. The van der Waals surface area contributed by atoms with Crippen molar-refractivity contribution in [2.24, 2.45) is 20.0 Å². The molecule has 0 saturated carbocycles. The van der Waals surface area contributed by atoms with Gasteiger partial charge in [0.05, 0.1) is 0 Å². The van der Waals surface area contributed by atoms with Crippen molar-refractivity contribution in [1.29, 1.82) is 0 Å². The molecule has 0 spiro atoms. The van der Waals surface area contributed by atoms with Crippen LogP contribution in [0.15, 0.2) is 207 Å². The minimum atomic E-state index is -1.03. The van der Waals surface area contributed by atoms with Gasteiger partial charge in [-0.1, -0.05) is 146 Å². The van der Waals surface area contributed by atoms with Crippen LogP contribution >= 0.6 is 24.0 Å². The molecule has 0 aliphatic carbocycles. The Morgan fingerprint density at radius 1 is 0.218 bits per heavy atom. The lowest BCUT2D eigenvalue weighted by molar-refractivity contribution is 0.640. The number of fused-ring (bicyclic) bond motifs is 21. The second kappa shape index (κ2) is 19.7. The van der Waals surface area contributed by atoms with Crippen LogP contribution in [0.3, 0.4) is 0 Å². The van der Waals surface area contributed by atoms with Gasteiger partial charge in [0, 0.05) is 52.3 Å². The quantitative estimate of drug-likeness (QED) is 0.151. The van der Waals surface area contributed by atoms with Gasteiger partial charge < -0.3 is 25.2 Å². The van der Waals surface area contributed by atoms with Gasteiger partial charge in [-0.15, -0.1) is 0 Å². The monoisotopic (exact) mass is 1070 g/mol. The maximum atomic E-state index is 6.32. The second-order valence-electron chi connectivity index (χ2n) is 20.6. The standard InChI is InChI=1S/3C23H19O2P/c3*1-14-12-16-8-4-6-10-18(16)20-21-19-11-7-5-9-17(19)13-15(2)23(21)25-26(3)24-22(14)20/h3*4-13H,1-3H3. The molecule has 15 aromatic rings. The molecular weight excluding hydrogens is 1020 g/mol. The average molecular weight is 1080 g/mol. The summed E-state index contributed by atoms with van der Waals surface area (Å²) in [7, 11) is -3.10. The van der Waals surface area contributed by atoms with E-state index < -0.39 is 24.0 Å². The Hall–Kier alpha value is -8.10. The fourth-order valence-electron chi connectivity index (χ4n) is 11.8. The van der Waals surface area contributed by atoms with E-state index in [-0.39, 0.29) is 0 Å². The van der Waals surface area contributed by atoms with E-state index in [1.807, 2.05) is 20.0 Å². The highest BCUT2D eigenvalue weighted by atomic mass is 31.1. The van der Waals surface area contributed by atoms with E-state index in [1.165, 1.54) is 64.6 Å². The SMILES string of the molecule is Cc1cc2ccccc2c2c1op(C)oc1c(C)cc3ccccc3c12.Cc1cc2ccccc2c2c1op(C)oc1c(C)cc3ccccc3c12.Cc1cc2ccccc2c2c1op(C)oc1c(C)cc3ccccc3c12. The van der Waals surface area contributed by atoms with Crippen LogP contribution in [-0.2, 0) is 20.0 Å². The lowest BCUT2D eigenvalue weighted by Crippen LogP contribution is -1.85. The summed E-state index contributed by atoms with van der Waals surface area (Å²) in [5, 5.41) is 21.5. The van der Waals surface area contributed by atoms with Gasteiger partial charge in [-0.3, -0.25) is 0 Å². The summed E-state index contributed by atoms with van der Waals surface area (Å²) in [4.78, 5) is 0. The smallest absolute Gasteiger partial charge is 0.213 e. The van der Waals surface area contributed by atoms with Gasteiger partial charge in [-0.2, -0.15) is 0 Å². The lowest BCUT2D eigenvalue weighted by atomic mass is 9.95. The minimum Gasteiger partial charge on any atom is -0.419 e. The Labute approximate surface area is 454 Å². The summed E-state index contributed by atoms with van der Waals surface area (Å²) in [5.74, 6) is 0. The molecule has 6 nitrogen and oxygen atoms in total. The molecule has 3 heterocycles. The Morgan fingerprint density at radius 3 is 0.513 bits per heavy atom. The molecule has 0 fully saturated rings. The molecule has 384 valence electrons. The van der Waals surface area contributed by atoms with E-state index >= 15 is 0 Å². The van der Waals surface area contributed by atoms with Crippen molar-refractivity contribution in [3.63, 3.8) is 0 Å². The number of hydrogen-bond donors (Lipinski definition) is 0. The van der Waals surface area contributed by atoms with Crippen LogP contribution in [0, 0.1) is 41.5 Å². The van der Waals surface area contributed by atoms with Gasteiger partial charge in [0.1, 0.15) is 33.5 Å². The van der Waals surface area contributed by atoms with E-state index in [0.717, 1.165) is 99.2 Å². The summed E-state index contributed by atoms with van der Waals surface area (Å²) < 4.78 is 37.9. The van der Waals surface area contributed by atoms with Gasteiger partial charge in [0.2, 0.25) is 24.0 Å². The zero-order chi connectivity index (χ0) is 53.5. The molecule has 0 aliphatic heterocycles. The fourth-order valence-corrected chi connectivity index (χ4v) is 14.9. The number of benzene rings is 12. The van der Waals surface area contributed by atoms with Crippen molar-refractivity contribution in [3.05, 3.63) is 215 Å². The Kier molecular flexibility index (Phi) is 12.5. The van der Waals surface area contributed by atoms with E-state index in [1.54, 1.807) is 0 Å². The summed E-state index contributed by atoms with van der Waals surface area (Å²) in [6.07, 6.45) is 0. The molecule has 0 bridgehead atoms. The van der Waals surface area contributed by atoms with E-state index in [9.17, 15) is 0 Å². The van der Waals surface area contributed by atoms with Crippen molar-refractivity contribution in [3.8, 4) is 0 Å². The summed E-state index contributed by atoms with van der Waals surface area (Å²) >= 11 is 0. The first-order valence-corrected chi connectivity index (χ1v) is 31.2. The summed E-state index contributed by atoms with van der Waals surface area (Å²) in [5.41, 5.74) is 12.6. The maximum absolute atomic E-state index is 6.32. The number of aryl methyl sites for hydroxylation is 9. The highest BCUT2D eigenvalue weighted by Gasteiger charge is 2.19. The van der Waals surface area contributed by atoms with Crippen molar-refractivity contribution in [1.82, 2.24) is 0 Å². The molecule has 0 radical (unpaired) electrons. The van der Waals surface area contributed by atoms with Crippen LogP contribution in [-0.4, -0.2) is 0 Å². The molecule has 0 aliphatic rings. The van der Waals surface area contributed by atoms with Gasteiger partial charge in [-0.25, -0.2) is 0 Å². The normalized spacial score (nSPS) is 11.7. The van der Waals surface area contributed by atoms with E-state index in [2.05, 4.69) is 224 Å². The number of hydrogen-bond acceptors (Lipinski definition) is 6. The molecule has 0 amide bonds. The second-order valence-corrected chi connectivity index (χ2v) is 24.3. The van der Waals surface area contributed by atoms with Gasteiger partial charge >= 0.3 is 0 Å². The molecule has 3 aromatic heterocycles. The van der Waals surface area contributed by atoms with Crippen molar-refractivity contribution in [2.75, 3.05) is 0 Å². The topological polar surface area (TPSA) is 78.8 Å². The molecule has 15 rings (SSSR count). The zero-order valence-corrected chi connectivity index (χ0v) is 47.8. The molecular formula is C69H57O6P3. The highest BCUT2D eigenvalue weighted by molar-refractivity contribution is 7.35. The molecule has 12 aromatic carbocycles. The largest absolute Gasteiger partial charge is 0.419 e. The average Bonchev–Trinajstić information content (AvgIpc) is 4.03. The first-order chi connectivity index (χ1) is 37.9. The van der Waals surface area contributed by atoms with E-state index in [0.29, 0.717) is 0 Å². The van der Waals surface area contributed by atoms with Crippen LogP contribution in [0.1, 0.15) is 33.4 Å². The minimum absolute atomic E-state index is 0.951. The highest BCUT2D eigenvalue weighted by Crippen LogP contribution is 2.46. The Bertz CT molecular complexity index is 4290. The van der Waals surface area contributed by atoms with E-state index in [4.69, 9.17) is 25.2 Å². The van der Waals surface area contributed by atoms with Crippen LogP contribution in [0.25, 0.3) is 130 Å². The molecule has 78 heavy (non-hydrogen) atoms. The van der Waals surface area contributed by atoms with Crippen LogP contribution in [0.2, 0.25) is 0 Å². The fraction of sp³-hybridized carbons (Fsp3) is 0.130. The third-order valence-corrected chi connectivity index (χ3v) is 17.8. The molecule has 0 atom stereocenters. The molecule has 0 N–H and O–H groups in total. The van der Waals surface area contributed by atoms with Gasteiger partial charge in [0.25, 0.3) is 0 Å². The first-order valence-electron chi connectivity index (χ1n) is 26.3. The predicted octanol–water partition coefficient (Wildman–Crippen LogP) is 23.3. The maximum Gasteiger partial charge on any atom is 0.213 e. The van der Waals surface area contributed by atoms with Gasteiger partial charge in [0.15, 0.2) is 0 Å². The van der Waals surface area contributed by atoms with Crippen molar-refractivity contribution < 1.29 is 25.2 Å². The Morgan fingerprint density at radius 2 is 0.359 bits per heavy atom. The van der Waals surface area contributed by atoms with Crippen LogP contribution < -0.4 is 0 Å². The molecule has 0 saturated heterocycles. The van der Waals surface area contributed by atoms with Crippen LogP contribution in [0.4, 0.5) is 0 Å². The lowest BCUT2D eigenvalue weighted by Gasteiger charge is -2.08. The van der Waals surface area contributed by atoms with Crippen molar-refractivity contribution in [2.45, 2.75) is 41.5 Å². The molecule has 0 unspecified atom stereocenters. The first kappa shape index (κ1) is 49.5. The Balaban J connectivity index is 0.000000111. The third-order valence-electron chi connectivity index (χ3n) is 15.2.